The molecule has 1 amide bonds. The first kappa shape index (κ1) is 20.1. The van der Waals surface area contributed by atoms with Crippen molar-refractivity contribution in [3.8, 4) is 5.75 Å². The third-order valence-electron chi connectivity index (χ3n) is 4.06. The van der Waals surface area contributed by atoms with Gasteiger partial charge in [0.1, 0.15) is 5.75 Å². The Morgan fingerprint density at radius 3 is 2.56 bits per heavy atom. The molecule has 27 heavy (non-hydrogen) atoms. The fourth-order valence-electron chi connectivity index (χ4n) is 2.84. The number of guanidine groups is 1. The molecule has 4 N–H and O–H groups in total. The molecule has 144 valence electrons. The summed E-state index contributed by atoms with van der Waals surface area (Å²) in [5.74, 6) is -1.76. The molecule has 0 bridgehead atoms. The van der Waals surface area contributed by atoms with E-state index >= 15 is 0 Å². The van der Waals surface area contributed by atoms with Crippen LogP contribution in [0.15, 0.2) is 59.5 Å². The highest BCUT2D eigenvalue weighted by Gasteiger charge is 2.50. The predicted molar refractivity (Wildman–Crippen MR) is 95.5 cm³/mol. The molecule has 0 saturated carbocycles. The minimum absolute atomic E-state index is 0.0607. The number of carbonyl (C=O) groups excluding carboxylic acids is 1. The van der Waals surface area contributed by atoms with Crippen molar-refractivity contribution < 1.29 is 22.7 Å². The van der Waals surface area contributed by atoms with Gasteiger partial charge in [-0.2, -0.15) is 13.2 Å². The number of aliphatic imine (C=N–C) groups is 1. The molecule has 0 fully saturated rings. The number of hydrogen-bond donors (Lipinski definition) is 2. The van der Waals surface area contributed by atoms with Crippen LogP contribution in [0.2, 0.25) is 0 Å². The van der Waals surface area contributed by atoms with Crippen LogP contribution in [0.5, 0.6) is 5.75 Å². The molecule has 0 saturated heterocycles. The van der Waals surface area contributed by atoms with Crippen molar-refractivity contribution in [3.05, 3.63) is 65.7 Å². The minimum atomic E-state index is -3.00. The van der Waals surface area contributed by atoms with Gasteiger partial charge < -0.3 is 16.2 Å². The lowest BCUT2D eigenvalue weighted by molar-refractivity contribution is -0.129. The maximum absolute atomic E-state index is 13.5. The number of ether oxygens (including phenoxy) is 1. The van der Waals surface area contributed by atoms with Gasteiger partial charge in [0.15, 0.2) is 17.4 Å². The quantitative estimate of drug-likeness (QED) is 0.586. The number of nitrogens with zero attached hydrogens (tertiary/aromatic N) is 2. The van der Waals surface area contributed by atoms with Crippen molar-refractivity contribution in [1.29, 1.82) is 0 Å². The van der Waals surface area contributed by atoms with E-state index in [1.807, 2.05) is 0 Å². The molecule has 1 aliphatic rings. The zero-order valence-electron chi connectivity index (χ0n) is 14.7. The van der Waals surface area contributed by atoms with Gasteiger partial charge in [-0.1, -0.05) is 24.8 Å². The number of aryl methyl sites for hydroxylation is 1. The monoisotopic (exact) mass is 380 g/mol. The van der Waals surface area contributed by atoms with Crippen LogP contribution in [0.4, 0.5) is 13.2 Å². The van der Waals surface area contributed by atoms with E-state index < -0.39 is 24.0 Å². The van der Waals surface area contributed by atoms with Crippen LogP contribution in [0, 0.1) is 6.92 Å². The highest BCUT2D eigenvalue weighted by molar-refractivity contribution is 6.09. The van der Waals surface area contributed by atoms with Crippen LogP contribution in [0.3, 0.4) is 0 Å². The molecular formula is C18H19F3N4O2. The number of amides is 1. The van der Waals surface area contributed by atoms with Gasteiger partial charge in [0.05, 0.1) is 0 Å². The zero-order chi connectivity index (χ0) is 20.4. The molecule has 9 heteroatoms. The number of carbonyl (C=O) groups is 1. The first-order chi connectivity index (χ1) is 12.6. The average Bonchev–Trinajstić information content (AvgIpc) is 2.80. The topological polar surface area (TPSA) is 93.9 Å². The van der Waals surface area contributed by atoms with Crippen molar-refractivity contribution in [3.63, 3.8) is 0 Å². The number of rotatable bonds is 6. The number of allylic oxidation sites excluding steroid dienone is 2. The van der Waals surface area contributed by atoms with Gasteiger partial charge in [-0.05, 0) is 41.8 Å². The van der Waals surface area contributed by atoms with Crippen LogP contribution >= 0.6 is 0 Å². The summed E-state index contributed by atoms with van der Waals surface area (Å²) in [4.78, 5) is 18.4. The first-order valence-corrected chi connectivity index (χ1v) is 7.78. The summed E-state index contributed by atoms with van der Waals surface area (Å²) in [5, 5.41) is 0. The molecule has 1 aromatic rings. The van der Waals surface area contributed by atoms with Gasteiger partial charge in [-0.15, -0.1) is 0 Å². The second kappa shape index (κ2) is 7.56. The Morgan fingerprint density at radius 1 is 1.44 bits per heavy atom. The molecule has 0 aliphatic carbocycles. The number of hydrogen-bond acceptors (Lipinski definition) is 5. The lowest BCUT2D eigenvalue weighted by Gasteiger charge is -2.27. The van der Waals surface area contributed by atoms with E-state index in [1.165, 1.54) is 44.3 Å². The van der Waals surface area contributed by atoms with Crippen molar-refractivity contribution in [2.24, 2.45) is 16.5 Å². The summed E-state index contributed by atoms with van der Waals surface area (Å²) < 4.78 is 42.9. The van der Waals surface area contributed by atoms with E-state index in [9.17, 15) is 18.0 Å². The Balaban J connectivity index is 2.74. The summed E-state index contributed by atoms with van der Waals surface area (Å²) in [6, 6.07) is 4.12. The standard InChI is InChI=1S/C18H19F3N4O2/c1-4-5-11(9-14(19)22)18(15(26)25(3)17(23)24-18)12-6-7-13(10(2)8-12)27-16(20)21/h4-9,16H,1,22H2,2-3H3,(H2,23,24)/b11-5+,14-9-. The molecule has 0 aromatic heterocycles. The number of likely N-dealkylation sites (N-methyl/N-ethyl adjacent to an activating group) is 1. The lowest BCUT2D eigenvalue weighted by atomic mass is 9.81. The molecule has 1 heterocycles. The van der Waals surface area contributed by atoms with Gasteiger partial charge in [0.25, 0.3) is 5.91 Å². The molecule has 2 rings (SSSR count). The average molecular weight is 380 g/mol. The number of halogens is 3. The number of benzene rings is 1. The highest BCUT2D eigenvalue weighted by atomic mass is 19.3. The Hall–Kier alpha value is -3.23. The maximum atomic E-state index is 13.5. The predicted octanol–water partition coefficient (Wildman–Crippen LogP) is 2.46. The molecule has 0 spiro atoms. The Bertz CT molecular complexity index is 860. The molecule has 1 unspecified atom stereocenters. The summed E-state index contributed by atoms with van der Waals surface area (Å²) in [5.41, 5.74) is 9.93. The third kappa shape index (κ3) is 3.67. The Kier molecular flexibility index (Phi) is 5.63. The lowest BCUT2D eigenvalue weighted by Crippen LogP contribution is -2.41. The van der Waals surface area contributed by atoms with Gasteiger partial charge in [-0.3, -0.25) is 9.69 Å². The molecular weight excluding hydrogens is 361 g/mol. The van der Waals surface area contributed by atoms with Crippen molar-refractivity contribution in [1.82, 2.24) is 4.90 Å². The third-order valence-corrected chi connectivity index (χ3v) is 4.06. The van der Waals surface area contributed by atoms with Crippen molar-refractivity contribution in [2.45, 2.75) is 19.1 Å². The molecule has 0 radical (unpaired) electrons. The first-order valence-electron chi connectivity index (χ1n) is 7.78. The second-order valence-corrected chi connectivity index (χ2v) is 5.79. The van der Waals surface area contributed by atoms with Crippen molar-refractivity contribution in [2.75, 3.05) is 7.05 Å². The Labute approximate surface area is 154 Å². The number of alkyl halides is 2. The van der Waals surface area contributed by atoms with Crippen LogP contribution in [-0.4, -0.2) is 30.4 Å². The molecule has 1 atom stereocenters. The maximum Gasteiger partial charge on any atom is 0.387 e. The van der Waals surface area contributed by atoms with E-state index in [2.05, 4.69) is 16.3 Å². The van der Waals surface area contributed by atoms with Crippen LogP contribution in [-0.2, 0) is 10.3 Å². The normalized spacial score (nSPS) is 20.9. The van der Waals surface area contributed by atoms with E-state index in [1.54, 1.807) is 0 Å². The molecule has 6 nitrogen and oxygen atoms in total. The van der Waals surface area contributed by atoms with Crippen LogP contribution in [0.25, 0.3) is 0 Å². The van der Waals surface area contributed by atoms with Gasteiger partial charge in [0.2, 0.25) is 0 Å². The fourth-order valence-corrected chi connectivity index (χ4v) is 2.84. The van der Waals surface area contributed by atoms with Gasteiger partial charge in [-0.25, -0.2) is 4.99 Å². The van der Waals surface area contributed by atoms with Crippen molar-refractivity contribution >= 4 is 11.9 Å². The number of nitrogens with two attached hydrogens (primary N) is 2. The summed E-state index contributed by atoms with van der Waals surface area (Å²) in [6.07, 6.45) is 3.66. The Morgan fingerprint density at radius 2 is 2.11 bits per heavy atom. The van der Waals surface area contributed by atoms with E-state index in [0.29, 0.717) is 5.56 Å². The van der Waals surface area contributed by atoms with Gasteiger partial charge in [0, 0.05) is 7.05 Å². The smallest absolute Gasteiger partial charge is 0.387 e. The van der Waals surface area contributed by atoms with E-state index in [0.717, 1.165) is 11.0 Å². The largest absolute Gasteiger partial charge is 0.435 e. The van der Waals surface area contributed by atoms with Gasteiger partial charge >= 0.3 is 6.61 Å². The molecule has 1 aliphatic heterocycles. The van der Waals surface area contributed by atoms with E-state index in [-0.39, 0.29) is 22.8 Å². The van der Waals surface area contributed by atoms with Crippen LogP contribution in [0.1, 0.15) is 11.1 Å². The summed E-state index contributed by atoms with van der Waals surface area (Å²) in [7, 11) is 1.41. The fraction of sp³-hybridized carbons (Fsp3) is 0.222. The second-order valence-electron chi connectivity index (χ2n) is 5.79. The zero-order valence-corrected chi connectivity index (χ0v) is 14.7. The molecule has 1 aromatic carbocycles. The highest BCUT2D eigenvalue weighted by Crippen LogP contribution is 2.41. The summed E-state index contributed by atoms with van der Waals surface area (Å²) >= 11 is 0. The minimum Gasteiger partial charge on any atom is -0.435 e. The SMILES string of the molecule is C=C/C=C(\C=C(/N)F)C1(c2ccc(OC(F)F)c(C)c2)N=C(N)N(C)C1=O. The van der Waals surface area contributed by atoms with E-state index in [4.69, 9.17) is 11.5 Å². The summed E-state index contributed by atoms with van der Waals surface area (Å²) in [6.45, 7) is 2.09. The van der Waals surface area contributed by atoms with Crippen LogP contribution < -0.4 is 16.2 Å².